The van der Waals surface area contributed by atoms with Gasteiger partial charge in [0, 0.05) is 73.3 Å². The van der Waals surface area contributed by atoms with E-state index in [4.69, 9.17) is 80.2 Å². The Morgan fingerprint density at radius 2 is 1.04 bits per heavy atom. The van der Waals surface area contributed by atoms with Crippen LogP contribution in [0, 0.1) is 5.92 Å². The van der Waals surface area contributed by atoms with E-state index in [-0.39, 0.29) is 155 Å². The zero-order chi connectivity index (χ0) is 100. The monoisotopic (exact) mass is 2000 g/mol. The molecule has 23 atom stereocenters. The number of hydrogen-bond acceptors (Lipinski definition) is 40. The van der Waals surface area contributed by atoms with Gasteiger partial charge in [0.2, 0.25) is 5.91 Å². The van der Waals surface area contributed by atoms with Gasteiger partial charge in [-0.1, -0.05) is 163 Å². The van der Waals surface area contributed by atoms with Gasteiger partial charge in [0.05, 0.1) is 74.1 Å². The highest BCUT2D eigenvalue weighted by Gasteiger charge is 2.57. The fourth-order valence-electron chi connectivity index (χ4n) is 10.9. The van der Waals surface area contributed by atoms with Gasteiger partial charge >= 0.3 is 59.7 Å². The van der Waals surface area contributed by atoms with Gasteiger partial charge in [-0.05, 0) is 105 Å². The SMILES string of the molecule is C.C.C.C.C.C.C.C.C=C(C)C(=O)OC1[C@@H](OC)OC(CC)[C@@H](O)[C@H]1O.C=C(C)C(=O)OCCOC(=O)C(=C)C.C=CC(=O)NCC1OC(C)CC(CC(O)CC)O1.C=CC(=O)OCC(CO)OC(C)CC(O)CC.C=CC(=O)OCCOC(=O)C=C.CC(O)COC(=O)C=CC(=O)OCCOO.[B][C@@]1(O[C@@H]2OC(C(=O)O)C(OC)[C@H](O)C2OC(=O)C=Cc2ccccc2)C(O)C(CO)O[C@@H](C)C1C. The molecule has 16 unspecified atom stereocenters. The van der Waals surface area contributed by atoms with Crippen LogP contribution in [-0.2, 0) is 143 Å². The topological polar surface area (TPSA) is 598 Å². The number of esters is 9. The van der Waals surface area contributed by atoms with E-state index in [1.807, 2.05) is 33.8 Å². The number of carboxylic acid groups (broad SMARTS) is 1. The number of aliphatic hydroxyl groups is 9. The minimum atomic E-state index is -1.93. The summed E-state index contributed by atoms with van der Waals surface area (Å²) in [6.45, 7) is 41.2. The lowest BCUT2D eigenvalue weighted by Gasteiger charge is -2.53. The summed E-state index contributed by atoms with van der Waals surface area (Å²) in [4.78, 5) is 126. The predicted octanol–water partition coefficient (Wildman–Crippen LogP) is 7.30. The van der Waals surface area contributed by atoms with Crippen LogP contribution >= 0.6 is 0 Å². The van der Waals surface area contributed by atoms with Gasteiger partial charge in [-0.25, -0.2) is 52.8 Å². The third-order valence-corrected chi connectivity index (χ3v) is 18.1. The smallest absolute Gasteiger partial charge is 0.335 e. The summed E-state index contributed by atoms with van der Waals surface area (Å²) < 4.78 is 92.0. The van der Waals surface area contributed by atoms with Crippen molar-refractivity contribution in [3.05, 3.63) is 141 Å². The number of benzene rings is 1. The van der Waals surface area contributed by atoms with Gasteiger partial charge in [-0.2, -0.15) is 0 Å². The minimum absolute atomic E-state index is 0. The molecule has 5 rings (SSSR count). The Kier molecular flexibility index (Phi) is 90.4. The number of nitrogens with one attached hydrogen (secondary N) is 1. The number of methoxy groups -OCH3 is 2. The number of hydrogen-bond donors (Lipinski definition) is 12. The average molecular weight is 2000 g/mol. The van der Waals surface area contributed by atoms with E-state index in [2.05, 4.69) is 84.7 Å². The molecule has 4 fully saturated rings. The van der Waals surface area contributed by atoms with Gasteiger partial charge in [0.15, 0.2) is 37.2 Å². The average Bonchev–Trinajstić information content (AvgIpc) is 0.752. The number of rotatable bonds is 44. The van der Waals surface area contributed by atoms with E-state index < -0.39 is 182 Å². The lowest BCUT2D eigenvalue weighted by Crippen LogP contribution is -2.69. The van der Waals surface area contributed by atoms with Crippen molar-refractivity contribution in [3.8, 4) is 0 Å². The normalized spacial score (nSPS) is 23.7. The highest BCUT2D eigenvalue weighted by molar-refractivity contribution is 6.15. The number of carbonyl (C=O) groups is 11. The summed E-state index contributed by atoms with van der Waals surface area (Å²) in [7, 11) is 8.99. The van der Waals surface area contributed by atoms with Crippen LogP contribution in [-0.4, -0.2) is 351 Å². The molecular weight excluding hydrogens is 1830 g/mol. The largest absolute Gasteiger partial charge is 0.479 e. The van der Waals surface area contributed by atoms with Crippen molar-refractivity contribution in [3.63, 3.8) is 0 Å². The van der Waals surface area contributed by atoms with Crippen LogP contribution < -0.4 is 5.32 Å². The number of amides is 1. The van der Waals surface area contributed by atoms with E-state index in [9.17, 15) is 93.6 Å². The van der Waals surface area contributed by atoms with Gasteiger partial charge in [-0.3, -0.25) is 10.1 Å². The van der Waals surface area contributed by atoms with Gasteiger partial charge < -0.3 is 142 Å². The summed E-state index contributed by atoms with van der Waals surface area (Å²) in [5.41, 5.74) is -0.382. The van der Waals surface area contributed by atoms with E-state index in [0.29, 0.717) is 55.4 Å². The molecule has 2 radical (unpaired) electrons. The summed E-state index contributed by atoms with van der Waals surface area (Å²) in [5, 5.41) is 108. The van der Waals surface area contributed by atoms with Crippen LogP contribution in [0.25, 0.3) is 6.08 Å². The Bertz CT molecular complexity index is 3660. The highest BCUT2D eigenvalue weighted by atomic mass is 17.1. The number of carboxylic acids is 1. The van der Waals surface area contributed by atoms with Crippen LogP contribution in [0.15, 0.2) is 136 Å². The van der Waals surface area contributed by atoms with E-state index in [1.165, 1.54) is 40.2 Å². The molecule has 1 aromatic carbocycles. The Labute approximate surface area is 822 Å². The lowest BCUT2D eigenvalue weighted by molar-refractivity contribution is -0.342. The molecule has 12 N–H and O–H groups in total. The fourth-order valence-corrected chi connectivity index (χ4v) is 10.9. The summed E-state index contributed by atoms with van der Waals surface area (Å²) >= 11 is 0. The molecule has 0 saturated carbocycles. The first-order valence-corrected chi connectivity index (χ1v) is 41.4. The van der Waals surface area contributed by atoms with Crippen molar-refractivity contribution < 1.29 is 199 Å². The minimum Gasteiger partial charge on any atom is -0.479 e. The number of ether oxygens (including phenoxy) is 18. The second-order valence-electron chi connectivity index (χ2n) is 29.1. The molecule has 4 saturated heterocycles. The summed E-state index contributed by atoms with van der Waals surface area (Å²) in [6.07, 6.45) is -6.49. The number of aliphatic hydroxyl groups excluding tert-OH is 9. The molecule has 0 aromatic heterocycles. The number of carbonyl (C=O) groups excluding carboxylic acids is 10. The highest BCUT2D eigenvalue weighted by Crippen LogP contribution is 2.39. The zero-order valence-electron chi connectivity index (χ0n) is 76.4. The van der Waals surface area contributed by atoms with Crippen LogP contribution in [0.5, 0.6) is 0 Å². The van der Waals surface area contributed by atoms with E-state index in [0.717, 1.165) is 42.9 Å². The molecule has 0 spiro atoms. The molecule has 4 aliphatic rings. The van der Waals surface area contributed by atoms with Crippen molar-refractivity contribution in [2.75, 3.05) is 86.8 Å². The maximum atomic E-state index is 12.6. The third kappa shape index (κ3) is 62.3. The van der Waals surface area contributed by atoms with Gasteiger partial charge in [0.1, 0.15) is 103 Å². The quantitative estimate of drug-likeness (QED) is 0.00579. The fraction of sp³-hybridized carbons (Fsp3) is 0.635. The Morgan fingerprint density at radius 1 is 0.554 bits per heavy atom. The van der Waals surface area contributed by atoms with Crippen LogP contribution in [0.2, 0.25) is 0 Å². The zero-order valence-corrected chi connectivity index (χ0v) is 76.4. The van der Waals surface area contributed by atoms with Crippen LogP contribution in [0.3, 0.4) is 0 Å². The van der Waals surface area contributed by atoms with E-state index >= 15 is 0 Å². The lowest BCUT2D eigenvalue weighted by atomic mass is 9.63. The summed E-state index contributed by atoms with van der Waals surface area (Å²) in [5.74, 6) is -8.04. The predicted molar refractivity (Wildman–Crippen MR) is 518 cm³/mol. The van der Waals surface area contributed by atoms with Crippen LogP contribution in [0.4, 0.5) is 0 Å². The first-order chi connectivity index (χ1) is 61.7. The molecule has 0 aliphatic carbocycles. The van der Waals surface area contributed by atoms with Crippen molar-refractivity contribution in [2.45, 2.75) is 308 Å². The maximum Gasteiger partial charge on any atom is 0.335 e. The molecule has 43 heteroatoms. The first kappa shape index (κ1) is 150. The Hall–Kier alpha value is -9.69. The molecule has 804 valence electrons. The van der Waals surface area contributed by atoms with Crippen molar-refractivity contribution >= 4 is 79.5 Å². The van der Waals surface area contributed by atoms with Gasteiger partial charge in [-0.15, -0.1) is 0 Å². The second-order valence-corrected chi connectivity index (χ2v) is 29.1. The molecule has 1 amide bonds. The first-order valence-electron chi connectivity index (χ1n) is 41.4. The maximum absolute atomic E-state index is 12.6. The van der Waals surface area contributed by atoms with Crippen molar-refractivity contribution in [1.82, 2.24) is 5.32 Å². The molecular formula is C96H166BNO41. The van der Waals surface area contributed by atoms with E-state index in [1.54, 1.807) is 58.9 Å². The third-order valence-electron chi connectivity index (χ3n) is 18.1. The summed E-state index contributed by atoms with van der Waals surface area (Å²) in [6, 6.07) is 8.90. The molecule has 4 aliphatic heterocycles. The number of aliphatic carboxylic acids is 1. The van der Waals surface area contributed by atoms with Crippen molar-refractivity contribution in [1.29, 1.82) is 0 Å². The van der Waals surface area contributed by atoms with Crippen molar-refractivity contribution in [2.24, 2.45) is 5.92 Å². The molecule has 0 bridgehead atoms. The Morgan fingerprint density at radius 3 is 1.48 bits per heavy atom. The molecule has 139 heavy (non-hydrogen) atoms. The standard InChI is InChI=1S/C24H31BO11.C13H23NO4.C12H20O6.C12H22O5.C10H14O4.C9H14O7.C8H10O4.8CH4/c1-12-13(2)33-15(11-26)21(29)24(12,25)36-23-19(17(28)18(32-3)20(35-23)22(30)31)34-16(27)10-9-14-7-5-4-6-8-14;1-4-10(15)7-11-6-9(3)17-13(18-11)8-14-12(16)5-2;1-5-7-8(13)9(14)10(12(16-4)17-7)18-11(15)6(2)3;1-4-10(14)6-9(3)17-11(7-13)8-16-12(15)5-2;1-7(2)9(11)13-5-6-14-10(12)8(3)4;1-7(10)6-15-9(12)3-2-8(11)14-4-5-16-13;1-3-7(9)11-5-6-12-8(10)4-2;;;;;;;;/h4-10,12-13,15,17-21,23,26,28-29H,11H2,1-3H3,(H,30,31);5,9-11,13,15H,2,4,6-8H2,1,3H3,(H,14,16);7-10,12-14H,2,5H2,1,3-4H3;5,9-11,13-14H,2,4,6-8H2,1,3H3;1,3,5-6H2,2,4H3;2-3,7,10,13H,4-6H2,1H3;3-4H,1-2,5-6H2;8*1H4/t12?,13-,15?,17-,18?,19?,20?,21?,23-,24-;;7?,8-,9-,10?,12+;;;;;;;;;;;;/m0.1............/s1. The molecule has 4 heterocycles. The van der Waals surface area contributed by atoms with Crippen LogP contribution in [0.1, 0.15) is 180 Å². The molecule has 1 aromatic rings. The Balaban J connectivity index is -0.000000179. The van der Waals surface area contributed by atoms with Gasteiger partial charge in [0.25, 0.3) is 0 Å². The second kappa shape index (κ2) is 84.0. The molecule has 42 nitrogen and oxygen atoms in total.